The van der Waals surface area contributed by atoms with Gasteiger partial charge < -0.3 is 4.74 Å². The predicted molar refractivity (Wildman–Crippen MR) is 66.7 cm³/mol. The summed E-state index contributed by atoms with van der Waals surface area (Å²) in [6.45, 7) is 2.62. The van der Waals surface area contributed by atoms with E-state index in [1.807, 2.05) is 0 Å². The molecule has 0 amide bonds. The van der Waals surface area contributed by atoms with Crippen LogP contribution >= 0.6 is 0 Å². The number of piperidine rings is 1. The Bertz CT molecular complexity index is 526. The fourth-order valence-electron chi connectivity index (χ4n) is 2.14. The van der Waals surface area contributed by atoms with Crippen molar-refractivity contribution in [1.82, 2.24) is 14.5 Å². The lowest BCUT2D eigenvalue weighted by molar-refractivity contribution is -0.149. The SMILES string of the molecule is CCOC(=O)[C@H]1CCCN(S(=O)(=O)c2ccn[nH]2)C1. The summed E-state index contributed by atoms with van der Waals surface area (Å²) in [5, 5.41) is 6.15. The summed E-state index contributed by atoms with van der Waals surface area (Å²) in [5.74, 6) is -0.710. The molecule has 1 saturated heterocycles. The fourth-order valence-corrected chi connectivity index (χ4v) is 3.56. The molecule has 1 aromatic heterocycles. The van der Waals surface area contributed by atoms with Crippen LogP contribution in [0.3, 0.4) is 0 Å². The number of rotatable bonds is 4. The van der Waals surface area contributed by atoms with Gasteiger partial charge in [0.1, 0.15) is 0 Å². The second-order valence-corrected chi connectivity index (χ2v) is 6.28. The lowest BCUT2D eigenvalue weighted by Crippen LogP contribution is -2.42. The monoisotopic (exact) mass is 287 g/mol. The smallest absolute Gasteiger partial charge is 0.310 e. The summed E-state index contributed by atoms with van der Waals surface area (Å²) >= 11 is 0. The maximum absolute atomic E-state index is 12.3. The van der Waals surface area contributed by atoms with E-state index in [0.29, 0.717) is 26.0 Å². The van der Waals surface area contributed by atoms with Crippen LogP contribution in [-0.2, 0) is 19.6 Å². The van der Waals surface area contributed by atoms with Gasteiger partial charge in [0, 0.05) is 13.1 Å². The number of nitrogens with zero attached hydrogens (tertiary/aromatic N) is 2. The molecule has 0 bridgehead atoms. The van der Waals surface area contributed by atoms with Crippen LogP contribution in [0.5, 0.6) is 0 Å². The molecule has 1 atom stereocenters. The predicted octanol–water partition coefficient (Wildman–Crippen LogP) is 0.373. The average molecular weight is 287 g/mol. The lowest BCUT2D eigenvalue weighted by Gasteiger charge is -2.30. The Labute approximate surface area is 112 Å². The van der Waals surface area contributed by atoms with Crippen molar-refractivity contribution >= 4 is 16.0 Å². The molecule has 106 valence electrons. The van der Waals surface area contributed by atoms with E-state index in [0.717, 1.165) is 0 Å². The van der Waals surface area contributed by atoms with E-state index in [1.54, 1.807) is 6.92 Å². The number of esters is 1. The molecule has 0 spiro atoms. The Morgan fingerprint density at radius 2 is 2.42 bits per heavy atom. The summed E-state index contributed by atoms with van der Waals surface area (Å²) in [7, 11) is -3.59. The van der Waals surface area contributed by atoms with Crippen molar-refractivity contribution in [2.45, 2.75) is 24.8 Å². The number of nitrogens with one attached hydrogen (secondary N) is 1. The number of hydrogen-bond donors (Lipinski definition) is 1. The maximum Gasteiger partial charge on any atom is 0.310 e. The van der Waals surface area contributed by atoms with Crippen molar-refractivity contribution in [3.63, 3.8) is 0 Å². The summed E-state index contributed by atoms with van der Waals surface area (Å²) in [4.78, 5) is 11.7. The van der Waals surface area contributed by atoms with Crippen LogP contribution in [0, 0.1) is 5.92 Å². The number of hydrogen-bond acceptors (Lipinski definition) is 5. The first kappa shape index (κ1) is 14.0. The summed E-state index contributed by atoms with van der Waals surface area (Å²) < 4.78 is 30.8. The molecule has 1 N–H and O–H groups in total. The quantitative estimate of drug-likeness (QED) is 0.808. The Hall–Kier alpha value is -1.41. The van der Waals surface area contributed by atoms with Crippen LogP contribution in [0.25, 0.3) is 0 Å². The Morgan fingerprint density at radius 3 is 3.05 bits per heavy atom. The van der Waals surface area contributed by atoms with Crippen molar-refractivity contribution in [2.75, 3.05) is 19.7 Å². The first-order chi connectivity index (χ1) is 9.05. The molecule has 1 aliphatic heterocycles. The van der Waals surface area contributed by atoms with Crippen LogP contribution in [0.1, 0.15) is 19.8 Å². The zero-order valence-electron chi connectivity index (χ0n) is 10.7. The van der Waals surface area contributed by atoms with Crippen LogP contribution in [-0.4, -0.2) is 48.6 Å². The van der Waals surface area contributed by atoms with Gasteiger partial charge in [-0.1, -0.05) is 0 Å². The third-order valence-electron chi connectivity index (χ3n) is 3.10. The summed E-state index contributed by atoms with van der Waals surface area (Å²) in [5.41, 5.74) is 0. The van der Waals surface area contributed by atoms with Crippen molar-refractivity contribution in [3.8, 4) is 0 Å². The topological polar surface area (TPSA) is 92.4 Å². The molecule has 1 aromatic rings. The zero-order chi connectivity index (χ0) is 13.9. The first-order valence-electron chi connectivity index (χ1n) is 6.22. The highest BCUT2D eigenvalue weighted by molar-refractivity contribution is 7.89. The van der Waals surface area contributed by atoms with Crippen LogP contribution in [0.4, 0.5) is 0 Å². The van der Waals surface area contributed by atoms with Gasteiger partial charge in [-0.05, 0) is 25.8 Å². The Kier molecular flexibility index (Phi) is 4.20. The highest BCUT2D eigenvalue weighted by atomic mass is 32.2. The molecule has 0 radical (unpaired) electrons. The minimum Gasteiger partial charge on any atom is -0.466 e. The van der Waals surface area contributed by atoms with Gasteiger partial charge in [0.05, 0.1) is 18.7 Å². The van der Waals surface area contributed by atoms with Gasteiger partial charge in [-0.2, -0.15) is 9.40 Å². The van der Waals surface area contributed by atoms with E-state index in [1.165, 1.54) is 16.6 Å². The van der Waals surface area contributed by atoms with Gasteiger partial charge in [0.15, 0.2) is 5.03 Å². The third-order valence-corrected chi connectivity index (χ3v) is 4.89. The number of sulfonamides is 1. The first-order valence-corrected chi connectivity index (χ1v) is 7.66. The molecule has 2 heterocycles. The fraction of sp³-hybridized carbons (Fsp3) is 0.636. The van der Waals surface area contributed by atoms with Gasteiger partial charge in [0.2, 0.25) is 0 Å². The van der Waals surface area contributed by atoms with Gasteiger partial charge in [0.25, 0.3) is 10.0 Å². The molecule has 7 nitrogen and oxygen atoms in total. The summed E-state index contributed by atoms with van der Waals surface area (Å²) in [6.07, 6.45) is 2.70. The molecule has 0 unspecified atom stereocenters. The third kappa shape index (κ3) is 2.95. The molecule has 0 saturated carbocycles. The largest absolute Gasteiger partial charge is 0.466 e. The van der Waals surface area contributed by atoms with Crippen molar-refractivity contribution in [1.29, 1.82) is 0 Å². The van der Waals surface area contributed by atoms with E-state index in [4.69, 9.17) is 4.74 Å². The number of aromatic amines is 1. The Morgan fingerprint density at radius 1 is 1.63 bits per heavy atom. The van der Waals surface area contributed by atoms with E-state index in [9.17, 15) is 13.2 Å². The van der Waals surface area contributed by atoms with E-state index >= 15 is 0 Å². The minimum atomic E-state index is -3.59. The van der Waals surface area contributed by atoms with Crippen molar-refractivity contribution < 1.29 is 17.9 Å². The maximum atomic E-state index is 12.3. The van der Waals surface area contributed by atoms with Crippen molar-refractivity contribution in [3.05, 3.63) is 12.3 Å². The van der Waals surface area contributed by atoms with Crippen LogP contribution in [0.15, 0.2) is 17.3 Å². The molecule has 0 aliphatic carbocycles. The highest BCUT2D eigenvalue weighted by Crippen LogP contribution is 2.23. The van der Waals surface area contributed by atoms with Gasteiger partial charge in [-0.3, -0.25) is 9.89 Å². The molecule has 1 aliphatic rings. The van der Waals surface area contributed by atoms with Crippen molar-refractivity contribution in [2.24, 2.45) is 5.92 Å². The number of ether oxygens (including phenoxy) is 1. The molecule has 8 heteroatoms. The molecular formula is C11H17N3O4S. The van der Waals surface area contributed by atoms with Crippen LogP contribution < -0.4 is 0 Å². The van der Waals surface area contributed by atoms with E-state index in [-0.39, 0.29) is 23.5 Å². The normalized spacial score (nSPS) is 21.2. The highest BCUT2D eigenvalue weighted by Gasteiger charge is 2.34. The molecular weight excluding hydrogens is 270 g/mol. The molecule has 19 heavy (non-hydrogen) atoms. The molecule has 1 fully saturated rings. The summed E-state index contributed by atoms with van der Waals surface area (Å²) in [6, 6.07) is 1.41. The second kappa shape index (κ2) is 5.70. The van der Waals surface area contributed by atoms with Crippen LogP contribution in [0.2, 0.25) is 0 Å². The van der Waals surface area contributed by atoms with E-state index in [2.05, 4.69) is 10.2 Å². The lowest BCUT2D eigenvalue weighted by atomic mass is 10.0. The number of carbonyl (C=O) groups is 1. The van der Waals surface area contributed by atoms with E-state index < -0.39 is 10.0 Å². The standard InChI is InChI=1S/C11H17N3O4S/c1-2-18-11(15)9-4-3-7-14(8-9)19(16,17)10-5-6-12-13-10/h5-6,9H,2-4,7-8H2,1H3,(H,12,13)/t9-/m0/s1. The number of H-pyrrole nitrogens is 1. The zero-order valence-corrected chi connectivity index (χ0v) is 11.5. The number of aromatic nitrogens is 2. The average Bonchev–Trinajstić information content (AvgIpc) is 2.94. The second-order valence-electron chi connectivity index (χ2n) is 4.38. The van der Waals surface area contributed by atoms with Gasteiger partial charge >= 0.3 is 5.97 Å². The Balaban J connectivity index is 2.11. The minimum absolute atomic E-state index is 0.0528. The van der Waals surface area contributed by atoms with Gasteiger partial charge in [-0.15, -0.1) is 0 Å². The van der Waals surface area contributed by atoms with Gasteiger partial charge in [-0.25, -0.2) is 8.42 Å². The molecule has 0 aromatic carbocycles. The number of carbonyl (C=O) groups excluding carboxylic acids is 1. The molecule has 2 rings (SSSR count).